The molecular weight excluding hydrogens is 353 g/mol. The number of alkyl halides is 1. The van der Waals surface area contributed by atoms with E-state index in [0.717, 1.165) is 17.5 Å². The van der Waals surface area contributed by atoms with Gasteiger partial charge in [-0.05, 0) is 30.3 Å². The number of rotatable bonds is 10. The SMILES string of the molecule is CCC/C=C(/C=C\NCOCC[Si](C)(C)C)CI. The van der Waals surface area contributed by atoms with E-state index < -0.39 is 8.07 Å². The minimum absolute atomic E-state index is 0.614. The molecule has 1 N–H and O–H groups in total. The van der Waals surface area contributed by atoms with Crippen molar-refractivity contribution in [2.75, 3.05) is 17.8 Å². The van der Waals surface area contributed by atoms with E-state index in [1.54, 1.807) is 0 Å². The topological polar surface area (TPSA) is 21.3 Å². The standard InChI is InChI=1S/C14H28INOSi/c1-5-6-7-14(12-15)8-9-16-13-17-10-11-18(2,3)4/h7-9,16H,5-6,10-13H2,1-4H3/b9-8-,14-7-. The Bertz CT molecular complexity index is 259. The molecule has 0 aliphatic carbocycles. The molecule has 0 aliphatic heterocycles. The summed E-state index contributed by atoms with van der Waals surface area (Å²) in [5, 5.41) is 3.18. The highest BCUT2D eigenvalue weighted by Crippen LogP contribution is 2.07. The first kappa shape index (κ1) is 18.2. The van der Waals surface area contributed by atoms with Gasteiger partial charge in [-0.3, -0.25) is 0 Å². The molecule has 0 aromatic carbocycles. The van der Waals surface area contributed by atoms with E-state index in [0.29, 0.717) is 6.73 Å². The molecule has 0 aromatic heterocycles. The Labute approximate surface area is 127 Å². The summed E-state index contributed by atoms with van der Waals surface area (Å²) in [5.74, 6) is 0. The van der Waals surface area contributed by atoms with Crippen molar-refractivity contribution in [3.63, 3.8) is 0 Å². The third-order valence-corrected chi connectivity index (χ3v) is 5.03. The minimum atomic E-state index is -0.945. The van der Waals surface area contributed by atoms with E-state index in [9.17, 15) is 0 Å². The van der Waals surface area contributed by atoms with Crippen LogP contribution >= 0.6 is 22.6 Å². The Morgan fingerprint density at radius 1 is 1.33 bits per heavy atom. The molecule has 0 fully saturated rings. The van der Waals surface area contributed by atoms with Crippen molar-refractivity contribution in [3.05, 3.63) is 23.9 Å². The number of unbranched alkanes of at least 4 members (excludes halogenated alkanes) is 1. The van der Waals surface area contributed by atoms with Gasteiger partial charge in [-0.1, -0.05) is 61.7 Å². The van der Waals surface area contributed by atoms with E-state index in [1.165, 1.54) is 18.0 Å². The molecule has 0 saturated heterocycles. The third kappa shape index (κ3) is 12.6. The molecule has 0 atom stereocenters. The summed E-state index contributed by atoms with van der Waals surface area (Å²) in [6, 6.07) is 1.23. The highest BCUT2D eigenvalue weighted by Gasteiger charge is 2.11. The van der Waals surface area contributed by atoms with Gasteiger partial charge in [0.1, 0.15) is 6.73 Å². The van der Waals surface area contributed by atoms with Gasteiger partial charge in [0, 0.05) is 19.1 Å². The number of ether oxygens (including phenoxy) is 1. The first-order valence-electron chi connectivity index (χ1n) is 6.72. The van der Waals surface area contributed by atoms with Gasteiger partial charge in [-0.25, -0.2) is 0 Å². The first-order chi connectivity index (χ1) is 8.49. The van der Waals surface area contributed by atoms with Gasteiger partial charge in [-0.2, -0.15) is 0 Å². The van der Waals surface area contributed by atoms with Crippen molar-refractivity contribution in [2.24, 2.45) is 0 Å². The number of halogens is 1. The number of nitrogens with one attached hydrogen (secondary N) is 1. The monoisotopic (exact) mass is 381 g/mol. The zero-order valence-corrected chi connectivity index (χ0v) is 15.4. The third-order valence-electron chi connectivity index (χ3n) is 2.45. The fraction of sp³-hybridized carbons (Fsp3) is 0.714. The molecule has 18 heavy (non-hydrogen) atoms. The van der Waals surface area contributed by atoms with Gasteiger partial charge < -0.3 is 10.1 Å². The van der Waals surface area contributed by atoms with E-state index in [-0.39, 0.29) is 0 Å². The average Bonchev–Trinajstić information content (AvgIpc) is 2.30. The summed E-state index contributed by atoms with van der Waals surface area (Å²) in [5.41, 5.74) is 1.38. The normalized spacial score (nSPS) is 13.3. The van der Waals surface area contributed by atoms with Crippen LogP contribution in [0.5, 0.6) is 0 Å². The molecule has 0 aliphatic rings. The van der Waals surface area contributed by atoms with E-state index in [1.807, 2.05) is 6.20 Å². The second-order valence-corrected chi connectivity index (χ2v) is 12.0. The van der Waals surface area contributed by atoms with Crippen molar-refractivity contribution in [3.8, 4) is 0 Å². The lowest BCUT2D eigenvalue weighted by atomic mass is 10.2. The van der Waals surface area contributed by atoms with E-state index >= 15 is 0 Å². The fourth-order valence-electron chi connectivity index (χ4n) is 1.22. The molecule has 4 heteroatoms. The van der Waals surface area contributed by atoms with Crippen molar-refractivity contribution in [2.45, 2.75) is 45.5 Å². The maximum Gasteiger partial charge on any atom is 0.116 e. The maximum atomic E-state index is 5.56. The number of hydrogen-bond donors (Lipinski definition) is 1. The molecule has 0 saturated carbocycles. The average molecular weight is 381 g/mol. The molecule has 0 heterocycles. The molecular formula is C14H28INOSi. The van der Waals surface area contributed by atoms with E-state index in [2.05, 4.69) is 66.6 Å². The van der Waals surface area contributed by atoms with Crippen LogP contribution in [0.3, 0.4) is 0 Å². The van der Waals surface area contributed by atoms with Crippen molar-refractivity contribution < 1.29 is 4.74 Å². The Kier molecular flexibility index (Phi) is 11.2. The zero-order valence-electron chi connectivity index (χ0n) is 12.3. The second-order valence-electron chi connectivity index (χ2n) is 5.60. The van der Waals surface area contributed by atoms with Gasteiger partial charge in [0.2, 0.25) is 0 Å². The predicted octanol–water partition coefficient (Wildman–Crippen LogP) is 4.56. The van der Waals surface area contributed by atoms with Crippen LogP contribution in [-0.4, -0.2) is 25.8 Å². The lowest BCUT2D eigenvalue weighted by molar-refractivity contribution is 0.137. The zero-order chi connectivity index (χ0) is 13.9. The van der Waals surface area contributed by atoms with E-state index in [4.69, 9.17) is 4.74 Å². The largest absolute Gasteiger partial charge is 0.369 e. The van der Waals surface area contributed by atoms with Crippen LogP contribution < -0.4 is 5.32 Å². The van der Waals surface area contributed by atoms with Crippen molar-refractivity contribution in [1.82, 2.24) is 5.32 Å². The van der Waals surface area contributed by atoms with Gasteiger partial charge in [0.05, 0.1) is 0 Å². The minimum Gasteiger partial charge on any atom is -0.369 e. The molecule has 106 valence electrons. The van der Waals surface area contributed by atoms with Crippen LogP contribution in [0.1, 0.15) is 19.8 Å². The highest BCUT2D eigenvalue weighted by molar-refractivity contribution is 14.1. The molecule has 0 aromatic rings. The van der Waals surface area contributed by atoms with Gasteiger partial charge in [0.25, 0.3) is 0 Å². The molecule has 0 spiro atoms. The molecule has 0 radical (unpaired) electrons. The smallest absolute Gasteiger partial charge is 0.116 e. The Balaban J connectivity index is 3.64. The number of hydrogen-bond acceptors (Lipinski definition) is 2. The van der Waals surface area contributed by atoms with Crippen LogP contribution in [0.2, 0.25) is 25.7 Å². The molecule has 0 unspecified atom stereocenters. The highest BCUT2D eigenvalue weighted by atomic mass is 127. The molecule has 0 bridgehead atoms. The fourth-order valence-corrected chi connectivity index (χ4v) is 2.54. The number of allylic oxidation sites excluding steroid dienone is 3. The Hall–Kier alpha value is 0.187. The Morgan fingerprint density at radius 2 is 2.06 bits per heavy atom. The van der Waals surface area contributed by atoms with Gasteiger partial charge in [-0.15, -0.1) is 0 Å². The summed E-state index contributed by atoms with van der Waals surface area (Å²) in [6.07, 6.45) is 8.81. The lowest BCUT2D eigenvalue weighted by Gasteiger charge is -2.15. The summed E-state index contributed by atoms with van der Waals surface area (Å²) < 4.78 is 6.62. The van der Waals surface area contributed by atoms with Crippen LogP contribution in [-0.2, 0) is 4.74 Å². The summed E-state index contributed by atoms with van der Waals surface area (Å²) in [6.45, 7) is 10.8. The van der Waals surface area contributed by atoms with Crippen molar-refractivity contribution in [1.29, 1.82) is 0 Å². The summed E-state index contributed by atoms with van der Waals surface area (Å²) in [4.78, 5) is 0. The molecule has 0 amide bonds. The van der Waals surface area contributed by atoms with Crippen molar-refractivity contribution >= 4 is 30.7 Å². The van der Waals surface area contributed by atoms with Crippen LogP contribution in [0.25, 0.3) is 0 Å². The Morgan fingerprint density at radius 3 is 2.61 bits per heavy atom. The summed E-state index contributed by atoms with van der Waals surface area (Å²) >= 11 is 2.40. The second kappa shape index (κ2) is 11.1. The van der Waals surface area contributed by atoms with Gasteiger partial charge in [0.15, 0.2) is 0 Å². The van der Waals surface area contributed by atoms with Gasteiger partial charge >= 0.3 is 0 Å². The molecule has 2 nitrogen and oxygen atoms in total. The maximum absolute atomic E-state index is 5.56. The lowest BCUT2D eigenvalue weighted by Crippen LogP contribution is -2.23. The quantitative estimate of drug-likeness (QED) is 0.150. The predicted molar refractivity (Wildman–Crippen MR) is 93.1 cm³/mol. The van der Waals surface area contributed by atoms with Crippen LogP contribution in [0.4, 0.5) is 0 Å². The summed E-state index contributed by atoms with van der Waals surface area (Å²) in [7, 11) is -0.945. The van der Waals surface area contributed by atoms with Crippen LogP contribution in [0, 0.1) is 0 Å². The molecule has 0 rings (SSSR count). The van der Waals surface area contributed by atoms with Crippen LogP contribution in [0.15, 0.2) is 23.9 Å². The first-order valence-corrected chi connectivity index (χ1v) is 12.0.